The molecule has 0 saturated carbocycles. The maximum absolute atomic E-state index is 2.65. The Bertz CT molecular complexity index is 2940. The van der Waals surface area contributed by atoms with Gasteiger partial charge in [0.25, 0.3) is 6.71 Å². The second-order valence-corrected chi connectivity index (χ2v) is 23.8. The van der Waals surface area contributed by atoms with Gasteiger partial charge in [0.1, 0.15) is 0 Å². The summed E-state index contributed by atoms with van der Waals surface area (Å²) in [6.45, 7) is 30.8. The van der Waals surface area contributed by atoms with E-state index in [-0.39, 0.29) is 33.8 Å². The number of para-hydroxylation sites is 2. The highest BCUT2D eigenvalue weighted by Gasteiger charge is 2.46. The second-order valence-electron chi connectivity index (χ2n) is 23.8. The molecule has 0 bridgehead atoms. The lowest BCUT2D eigenvalue weighted by atomic mass is 9.33. The summed E-state index contributed by atoms with van der Waals surface area (Å²) >= 11 is 0. The van der Waals surface area contributed by atoms with Crippen molar-refractivity contribution in [1.29, 1.82) is 0 Å². The molecule has 7 aromatic rings. The van der Waals surface area contributed by atoms with Gasteiger partial charge < -0.3 is 14.7 Å². The van der Waals surface area contributed by atoms with Crippen LogP contribution in [0.15, 0.2) is 152 Å². The molecule has 2 aliphatic heterocycles. The van der Waals surface area contributed by atoms with Crippen molar-refractivity contribution >= 4 is 74.3 Å². The zero-order chi connectivity index (χ0) is 46.7. The van der Waals surface area contributed by atoms with Crippen LogP contribution in [0.2, 0.25) is 0 Å². The molecule has 334 valence electrons. The number of hydrogen-bond donors (Lipinski definition) is 0. The van der Waals surface area contributed by atoms with E-state index in [1.807, 2.05) is 0 Å². The average molecular weight is 866 g/mol. The van der Waals surface area contributed by atoms with Crippen molar-refractivity contribution in [2.24, 2.45) is 0 Å². The normalized spacial score (nSPS) is 16.0. The van der Waals surface area contributed by atoms with Gasteiger partial charge in [0, 0.05) is 51.2 Å². The van der Waals surface area contributed by atoms with E-state index >= 15 is 0 Å². The molecule has 0 amide bonds. The SMILES string of the molecule is CC(C)(C)c1ccc(N2c3ccc(C(C)(C)C)cc3B3c4ccc(N(c5ccccc5)c5ccccc5)cc4N(c4ccc5c(c4)C(C)(C)CCC5(C)C)c4cc(C(C)(C)C)cc2c43)cc1. The largest absolute Gasteiger partial charge is 0.311 e. The first kappa shape index (κ1) is 43.9. The number of anilines is 9. The number of fused-ring (bicyclic) bond motifs is 5. The van der Waals surface area contributed by atoms with E-state index in [4.69, 9.17) is 0 Å². The van der Waals surface area contributed by atoms with Crippen LogP contribution in [0.25, 0.3) is 0 Å². The first-order chi connectivity index (χ1) is 31.1. The molecule has 7 aromatic carbocycles. The minimum absolute atomic E-state index is 0.00150. The molecule has 0 atom stereocenters. The molecule has 0 radical (unpaired) electrons. The molecule has 1 aliphatic carbocycles. The molecule has 0 fully saturated rings. The first-order valence-corrected chi connectivity index (χ1v) is 24.3. The lowest BCUT2D eigenvalue weighted by Crippen LogP contribution is -2.61. The minimum atomic E-state index is -0.119. The highest BCUT2D eigenvalue weighted by molar-refractivity contribution is 7.00. The van der Waals surface area contributed by atoms with Crippen LogP contribution in [0.1, 0.15) is 131 Å². The molecule has 0 unspecified atom stereocenters. The minimum Gasteiger partial charge on any atom is -0.311 e. The Hall–Kier alpha value is -6.00. The van der Waals surface area contributed by atoms with E-state index in [0.29, 0.717) is 0 Å². The molecular weight excluding hydrogens is 798 g/mol. The third-order valence-electron chi connectivity index (χ3n) is 15.2. The highest BCUT2D eigenvalue weighted by Crippen LogP contribution is 2.51. The molecule has 3 aliphatic rings. The number of nitrogens with zero attached hydrogens (tertiary/aromatic N) is 3. The predicted molar refractivity (Wildman–Crippen MR) is 287 cm³/mol. The van der Waals surface area contributed by atoms with E-state index in [2.05, 4.69) is 256 Å². The molecule has 0 saturated heterocycles. The molecule has 10 rings (SSSR count). The van der Waals surface area contributed by atoms with Crippen molar-refractivity contribution in [3.8, 4) is 0 Å². The Morgan fingerprint density at radius 3 is 1.48 bits per heavy atom. The summed E-state index contributed by atoms with van der Waals surface area (Å²) in [7, 11) is 0. The summed E-state index contributed by atoms with van der Waals surface area (Å²) in [6.07, 6.45) is 2.34. The Labute approximate surface area is 396 Å². The molecule has 3 nitrogen and oxygen atoms in total. The fourth-order valence-electron chi connectivity index (χ4n) is 11.0. The van der Waals surface area contributed by atoms with E-state index in [9.17, 15) is 0 Å². The monoisotopic (exact) mass is 866 g/mol. The smallest absolute Gasteiger partial charge is 0.252 e. The van der Waals surface area contributed by atoms with Gasteiger partial charge >= 0.3 is 0 Å². The topological polar surface area (TPSA) is 9.72 Å². The maximum atomic E-state index is 2.65. The summed E-state index contributed by atoms with van der Waals surface area (Å²) in [4.78, 5) is 7.65. The van der Waals surface area contributed by atoms with Gasteiger partial charge in [-0.1, -0.05) is 163 Å². The standard InChI is InChI=1S/C62H68BN3/c1-58(2,3)41-24-27-46(28-25-41)65-53-33-26-42(59(4,5)6)36-52(53)63-51-32-30-48(64(44-20-16-14-17-21-44)45-22-18-15-19-23-45)40-54(51)66(56-38-43(60(7,8)9)37-55(65)57(56)63)47-29-31-49-50(39-47)62(12,13)35-34-61(49,10)11/h14-33,36-40H,34-35H2,1-13H3. The molecule has 4 heteroatoms. The number of rotatable bonds is 5. The van der Waals surface area contributed by atoms with Crippen LogP contribution in [-0.4, -0.2) is 6.71 Å². The fraction of sp³-hybridized carbons (Fsp3) is 0.323. The van der Waals surface area contributed by atoms with Gasteiger partial charge in [-0.3, -0.25) is 0 Å². The quantitative estimate of drug-likeness (QED) is 0.160. The van der Waals surface area contributed by atoms with Crippen molar-refractivity contribution in [2.75, 3.05) is 14.7 Å². The van der Waals surface area contributed by atoms with Gasteiger partial charge in [-0.2, -0.15) is 0 Å². The third-order valence-corrected chi connectivity index (χ3v) is 15.2. The average Bonchev–Trinajstić information content (AvgIpc) is 3.27. The van der Waals surface area contributed by atoms with E-state index in [0.717, 1.165) is 23.5 Å². The maximum Gasteiger partial charge on any atom is 0.252 e. The second kappa shape index (κ2) is 15.3. The van der Waals surface area contributed by atoms with Gasteiger partial charge in [-0.15, -0.1) is 0 Å². The van der Waals surface area contributed by atoms with E-state index < -0.39 is 0 Å². The number of hydrogen-bond acceptors (Lipinski definition) is 3. The fourth-order valence-corrected chi connectivity index (χ4v) is 11.0. The Balaban J connectivity index is 1.32. The van der Waals surface area contributed by atoms with Gasteiger partial charge in [0.2, 0.25) is 0 Å². The zero-order valence-electron chi connectivity index (χ0n) is 41.8. The van der Waals surface area contributed by atoms with Crippen LogP contribution >= 0.6 is 0 Å². The van der Waals surface area contributed by atoms with Crippen LogP contribution in [0, 0.1) is 0 Å². The molecule has 0 N–H and O–H groups in total. The summed E-state index contributed by atoms with van der Waals surface area (Å²) in [5.41, 5.74) is 21.8. The third kappa shape index (κ3) is 7.36. The van der Waals surface area contributed by atoms with Crippen molar-refractivity contribution < 1.29 is 0 Å². The van der Waals surface area contributed by atoms with E-state index in [1.165, 1.54) is 84.8 Å². The lowest BCUT2D eigenvalue weighted by molar-refractivity contribution is 0.332. The molecule has 0 aromatic heterocycles. The van der Waals surface area contributed by atoms with Crippen molar-refractivity contribution in [1.82, 2.24) is 0 Å². The van der Waals surface area contributed by atoms with Crippen molar-refractivity contribution in [3.63, 3.8) is 0 Å². The molecule has 0 spiro atoms. The Kier molecular flexibility index (Phi) is 10.2. The van der Waals surface area contributed by atoms with Crippen LogP contribution in [-0.2, 0) is 27.1 Å². The first-order valence-electron chi connectivity index (χ1n) is 24.3. The van der Waals surface area contributed by atoms with Crippen molar-refractivity contribution in [2.45, 2.75) is 130 Å². The Morgan fingerprint density at radius 1 is 0.409 bits per heavy atom. The van der Waals surface area contributed by atoms with Gasteiger partial charge in [0.05, 0.1) is 0 Å². The van der Waals surface area contributed by atoms with E-state index in [1.54, 1.807) is 0 Å². The molecule has 66 heavy (non-hydrogen) atoms. The number of benzene rings is 7. The summed E-state index contributed by atoms with van der Waals surface area (Å²) < 4.78 is 0. The van der Waals surface area contributed by atoms with Crippen molar-refractivity contribution in [3.05, 3.63) is 179 Å². The summed E-state index contributed by atoms with van der Waals surface area (Å²) in [6, 6.07) is 58.3. The highest BCUT2D eigenvalue weighted by atomic mass is 15.2. The van der Waals surface area contributed by atoms with Crippen LogP contribution in [0.3, 0.4) is 0 Å². The zero-order valence-corrected chi connectivity index (χ0v) is 41.8. The van der Waals surface area contributed by atoms with Gasteiger partial charge in [-0.25, -0.2) is 0 Å². The molecular formula is C62H68BN3. The predicted octanol–water partition coefficient (Wildman–Crippen LogP) is 15.5. The lowest BCUT2D eigenvalue weighted by Gasteiger charge is -2.46. The van der Waals surface area contributed by atoms with Crippen LogP contribution in [0.5, 0.6) is 0 Å². The van der Waals surface area contributed by atoms with Crippen LogP contribution in [0.4, 0.5) is 51.2 Å². The van der Waals surface area contributed by atoms with Crippen LogP contribution < -0.4 is 31.1 Å². The molecule has 2 heterocycles. The summed E-state index contributed by atoms with van der Waals surface area (Å²) in [5, 5.41) is 0. The van der Waals surface area contributed by atoms with Gasteiger partial charge in [-0.05, 0) is 163 Å². The Morgan fingerprint density at radius 2 is 0.924 bits per heavy atom. The summed E-state index contributed by atoms with van der Waals surface area (Å²) in [5.74, 6) is 0. The van der Waals surface area contributed by atoms with Gasteiger partial charge in [0.15, 0.2) is 0 Å².